The summed E-state index contributed by atoms with van der Waals surface area (Å²) in [5.74, 6) is 2.55. The van der Waals surface area contributed by atoms with E-state index >= 15 is 0 Å². The summed E-state index contributed by atoms with van der Waals surface area (Å²) in [7, 11) is 0. The third-order valence-electron chi connectivity index (χ3n) is 3.72. The van der Waals surface area contributed by atoms with E-state index in [0.29, 0.717) is 0 Å². The first kappa shape index (κ1) is 34.3. The average molecular weight is 443 g/mol. The van der Waals surface area contributed by atoms with Crippen molar-refractivity contribution in [3.8, 4) is 12.3 Å². The van der Waals surface area contributed by atoms with Gasteiger partial charge in [-0.1, -0.05) is 134 Å². The molecule has 0 nitrogen and oxygen atoms in total. The van der Waals surface area contributed by atoms with E-state index < -0.39 is 0 Å². The minimum Gasteiger partial charge on any atom is -0.115 e. The topological polar surface area (TPSA) is 0 Å². The van der Waals surface area contributed by atoms with Crippen LogP contribution in [0.3, 0.4) is 0 Å². The Hall–Kier alpha value is -3.30. The first-order valence-electron chi connectivity index (χ1n) is 11.7. The molecule has 0 unspecified atom stereocenters. The zero-order valence-corrected chi connectivity index (χ0v) is 22.3. The standard InChI is InChI=1S/C9H8.2C7H8.2C4H8.C2H6/c1-3-9-6-4-8(2)5-7-9;2*1-7-5-3-2-4-6-7;2*1-3-4-2;1-2/h1,4-7H,2H3;2*2-6H,1H3;3-4H,1-2H3;3H,1,4H2,2H3;1-2H3/b;;;4-3+;;. The molecule has 0 aliphatic rings. The van der Waals surface area contributed by atoms with E-state index in [0.717, 1.165) is 12.0 Å². The van der Waals surface area contributed by atoms with Gasteiger partial charge < -0.3 is 0 Å². The third-order valence-corrected chi connectivity index (χ3v) is 3.72. The van der Waals surface area contributed by atoms with Crippen LogP contribution in [0.5, 0.6) is 0 Å². The lowest BCUT2D eigenvalue weighted by molar-refractivity contribution is 1.23. The molecule has 0 radical (unpaired) electrons. The first-order valence-corrected chi connectivity index (χ1v) is 11.7. The van der Waals surface area contributed by atoms with Crippen molar-refractivity contribution < 1.29 is 0 Å². The molecular weight excluding hydrogens is 396 g/mol. The Kier molecular flexibility index (Phi) is 29.8. The molecule has 0 spiro atoms. The lowest BCUT2D eigenvalue weighted by atomic mass is 10.2. The van der Waals surface area contributed by atoms with Gasteiger partial charge >= 0.3 is 0 Å². The van der Waals surface area contributed by atoms with Gasteiger partial charge in [-0.15, -0.1) is 13.0 Å². The second-order valence-corrected chi connectivity index (χ2v) is 6.68. The second kappa shape index (κ2) is 28.7. The average Bonchev–Trinajstić information content (AvgIpc) is 2.88. The molecule has 0 aliphatic heterocycles. The molecule has 3 rings (SSSR count). The van der Waals surface area contributed by atoms with Crippen LogP contribution in [0.1, 0.15) is 63.3 Å². The molecule has 0 heteroatoms. The van der Waals surface area contributed by atoms with Gasteiger partial charge in [-0.3, -0.25) is 0 Å². The normalized spacial score (nSPS) is 8.09. The summed E-state index contributed by atoms with van der Waals surface area (Å²) in [6.45, 7) is 19.8. The summed E-state index contributed by atoms with van der Waals surface area (Å²) in [5.41, 5.74) is 4.83. The molecule has 3 aromatic carbocycles. The maximum Gasteiger partial charge on any atom is 0.0242 e. The van der Waals surface area contributed by atoms with Crippen LogP contribution in [0.15, 0.2) is 110 Å². The molecule has 0 atom stereocenters. The number of hydrogen-bond acceptors (Lipinski definition) is 0. The van der Waals surface area contributed by atoms with Crippen LogP contribution in [0.4, 0.5) is 0 Å². The summed E-state index contributed by atoms with van der Waals surface area (Å²) >= 11 is 0. The van der Waals surface area contributed by atoms with E-state index in [-0.39, 0.29) is 0 Å². The van der Waals surface area contributed by atoms with Crippen LogP contribution < -0.4 is 0 Å². The Morgan fingerprint density at radius 3 is 1.15 bits per heavy atom. The van der Waals surface area contributed by atoms with Gasteiger partial charge in [-0.05, 0) is 53.2 Å². The summed E-state index contributed by atoms with van der Waals surface area (Å²) in [4.78, 5) is 0. The highest BCUT2D eigenvalue weighted by molar-refractivity contribution is 5.33. The number of terminal acetylenes is 1. The summed E-state index contributed by atoms with van der Waals surface area (Å²) < 4.78 is 0. The molecule has 33 heavy (non-hydrogen) atoms. The molecule has 0 saturated heterocycles. The molecule has 3 aromatic rings. The van der Waals surface area contributed by atoms with Crippen molar-refractivity contribution in [1.82, 2.24) is 0 Å². The minimum absolute atomic E-state index is 0.945. The maximum absolute atomic E-state index is 5.15. The van der Waals surface area contributed by atoms with Gasteiger partial charge in [0.15, 0.2) is 0 Å². The van der Waals surface area contributed by atoms with Crippen LogP contribution in [0.25, 0.3) is 0 Å². The predicted octanol–water partition coefficient (Wildman–Crippen LogP) is 10.2. The van der Waals surface area contributed by atoms with Crippen LogP contribution in [-0.2, 0) is 0 Å². The van der Waals surface area contributed by atoms with Crippen molar-refractivity contribution in [1.29, 1.82) is 0 Å². The first-order chi connectivity index (χ1) is 15.9. The molecule has 0 amide bonds. The highest BCUT2D eigenvalue weighted by Gasteiger charge is 1.82. The molecule has 178 valence electrons. The van der Waals surface area contributed by atoms with Gasteiger partial charge in [0, 0.05) is 5.56 Å². The largest absolute Gasteiger partial charge is 0.115 e. The zero-order valence-electron chi connectivity index (χ0n) is 22.3. The molecule has 0 heterocycles. The van der Waals surface area contributed by atoms with Crippen molar-refractivity contribution in [3.05, 3.63) is 132 Å². The Morgan fingerprint density at radius 2 is 0.970 bits per heavy atom. The Balaban J connectivity index is -0.000000346. The van der Waals surface area contributed by atoms with E-state index in [2.05, 4.69) is 57.5 Å². The van der Waals surface area contributed by atoms with Gasteiger partial charge in [0.05, 0.1) is 0 Å². The number of aryl methyl sites for hydroxylation is 3. The molecule has 0 saturated carbocycles. The van der Waals surface area contributed by atoms with Crippen molar-refractivity contribution >= 4 is 0 Å². The Morgan fingerprint density at radius 1 is 0.667 bits per heavy atom. The van der Waals surface area contributed by atoms with Gasteiger partial charge in [0.1, 0.15) is 0 Å². The van der Waals surface area contributed by atoms with Gasteiger partial charge in [-0.25, -0.2) is 0 Å². The number of hydrogen-bond donors (Lipinski definition) is 0. The van der Waals surface area contributed by atoms with E-state index in [4.69, 9.17) is 6.42 Å². The predicted molar refractivity (Wildman–Crippen MR) is 154 cm³/mol. The second-order valence-electron chi connectivity index (χ2n) is 6.68. The highest BCUT2D eigenvalue weighted by Crippen LogP contribution is 2.00. The van der Waals surface area contributed by atoms with Gasteiger partial charge in [0.25, 0.3) is 0 Å². The zero-order chi connectivity index (χ0) is 25.7. The molecule has 0 bridgehead atoms. The molecule has 0 aliphatic carbocycles. The van der Waals surface area contributed by atoms with Crippen LogP contribution in [0.2, 0.25) is 0 Å². The van der Waals surface area contributed by atoms with Crippen LogP contribution >= 0.6 is 0 Å². The fourth-order valence-electron chi connectivity index (χ4n) is 1.72. The Labute approximate surface area is 206 Å². The van der Waals surface area contributed by atoms with E-state index in [9.17, 15) is 0 Å². The van der Waals surface area contributed by atoms with Gasteiger partial charge in [0.2, 0.25) is 0 Å². The number of rotatable bonds is 1. The Bertz CT molecular complexity index is 775. The third kappa shape index (κ3) is 28.7. The van der Waals surface area contributed by atoms with Crippen molar-refractivity contribution in [2.75, 3.05) is 0 Å². The SMILES string of the molecule is C#Cc1ccc(C)cc1.C/C=C/C.C=CCC.CC.Cc1ccccc1.Cc1ccccc1. The molecule has 0 N–H and O–H groups in total. The lowest BCUT2D eigenvalue weighted by Gasteiger charge is -1.89. The maximum atomic E-state index is 5.15. The van der Waals surface area contributed by atoms with E-state index in [1.807, 2.05) is 114 Å². The molecule has 0 fully saturated rings. The van der Waals surface area contributed by atoms with E-state index in [1.165, 1.54) is 16.7 Å². The summed E-state index contributed by atoms with van der Waals surface area (Å²) in [6, 6.07) is 28.4. The highest BCUT2D eigenvalue weighted by atomic mass is 13.9. The van der Waals surface area contributed by atoms with Crippen molar-refractivity contribution in [2.24, 2.45) is 0 Å². The number of benzene rings is 3. The summed E-state index contributed by atoms with van der Waals surface area (Å²) in [5, 5.41) is 0. The van der Waals surface area contributed by atoms with Crippen molar-refractivity contribution in [2.45, 2.75) is 61.8 Å². The fraction of sp³-hybridized carbons (Fsp3) is 0.273. The molecule has 0 aromatic heterocycles. The smallest absolute Gasteiger partial charge is 0.0242 e. The fourth-order valence-corrected chi connectivity index (χ4v) is 1.72. The number of allylic oxidation sites excluding steroid dienone is 3. The molecular formula is C33H46. The monoisotopic (exact) mass is 442 g/mol. The summed E-state index contributed by atoms with van der Waals surface area (Å²) in [6.07, 6.45) is 12.1. The quantitative estimate of drug-likeness (QED) is 0.260. The minimum atomic E-state index is 0.945. The van der Waals surface area contributed by atoms with Crippen molar-refractivity contribution in [3.63, 3.8) is 0 Å². The lowest BCUT2D eigenvalue weighted by Crippen LogP contribution is -1.72. The van der Waals surface area contributed by atoms with E-state index in [1.54, 1.807) is 0 Å². The van der Waals surface area contributed by atoms with Crippen LogP contribution in [-0.4, -0.2) is 0 Å². The van der Waals surface area contributed by atoms with Gasteiger partial charge in [-0.2, -0.15) is 0 Å². The van der Waals surface area contributed by atoms with Crippen LogP contribution in [0, 0.1) is 33.1 Å².